The van der Waals surface area contributed by atoms with Crippen molar-refractivity contribution in [2.45, 2.75) is 33.1 Å². The third kappa shape index (κ3) is 3.86. The molecule has 0 fully saturated rings. The van der Waals surface area contributed by atoms with Crippen LogP contribution in [0.3, 0.4) is 0 Å². The third-order valence-electron chi connectivity index (χ3n) is 3.71. The number of hydrogen-bond acceptors (Lipinski definition) is 1. The van der Waals surface area contributed by atoms with Crippen molar-refractivity contribution in [2.75, 3.05) is 5.88 Å². The van der Waals surface area contributed by atoms with E-state index in [1.807, 2.05) is 11.7 Å². The van der Waals surface area contributed by atoms with Gasteiger partial charge in [-0.1, -0.05) is 36.8 Å². The zero-order valence-corrected chi connectivity index (χ0v) is 13.3. The van der Waals surface area contributed by atoms with E-state index in [0.29, 0.717) is 11.8 Å². The summed E-state index contributed by atoms with van der Waals surface area (Å²) in [5, 5.41) is 4.51. The lowest BCUT2D eigenvalue weighted by molar-refractivity contribution is 0.551. The van der Waals surface area contributed by atoms with Crippen LogP contribution in [0.4, 0.5) is 0 Å². The van der Waals surface area contributed by atoms with Gasteiger partial charge in [0.05, 0.1) is 5.69 Å². The Labute approximate surface area is 126 Å². The fraction of sp³-hybridized carbons (Fsp3) is 0.471. The maximum atomic E-state index is 6.17. The van der Waals surface area contributed by atoms with Gasteiger partial charge in [0.2, 0.25) is 0 Å². The molecule has 0 amide bonds. The molecule has 0 aliphatic heterocycles. The smallest absolute Gasteiger partial charge is 0.0624 e. The molecule has 2 aromatic rings. The highest BCUT2D eigenvalue weighted by Crippen LogP contribution is 2.18. The predicted octanol–water partition coefficient (Wildman–Crippen LogP) is 3.93. The molecule has 2 rings (SSSR count). The summed E-state index contributed by atoms with van der Waals surface area (Å²) < 4.78 is 1.99. The molecule has 20 heavy (non-hydrogen) atoms. The number of halogens is 1. The van der Waals surface area contributed by atoms with E-state index in [4.69, 9.17) is 11.6 Å². The summed E-state index contributed by atoms with van der Waals surface area (Å²) in [4.78, 5) is 0. The molecule has 3 heteroatoms. The van der Waals surface area contributed by atoms with E-state index in [0.717, 1.165) is 25.0 Å². The molecule has 0 radical (unpaired) electrons. The van der Waals surface area contributed by atoms with Gasteiger partial charge in [-0.05, 0) is 43.7 Å². The normalized spacial score (nSPS) is 12.6. The van der Waals surface area contributed by atoms with Crippen LogP contribution in [0.2, 0.25) is 0 Å². The van der Waals surface area contributed by atoms with Crippen molar-refractivity contribution in [1.82, 2.24) is 9.78 Å². The lowest BCUT2D eigenvalue weighted by Crippen LogP contribution is -2.12. The molecule has 1 aromatic heterocycles. The second-order valence-electron chi connectivity index (χ2n) is 5.52. The fourth-order valence-corrected chi connectivity index (χ4v) is 2.80. The lowest BCUT2D eigenvalue weighted by Gasteiger charge is -2.14. The maximum absolute atomic E-state index is 6.17. The lowest BCUT2D eigenvalue weighted by atomic mass is 9.95. The monoisotopic (exact) mass is 290 g/mol. The van der Waals surface area contributed by atoms with Crippen LogP contribution in [0.1, 0.15) is 29.4 Å². The van der Waals surface area contributed by atoms with E-state index < -0.39 is 0 Å². The minimum Gasteiger partial charge on any atom is -0.272 e. The molecule has 1 atom stereocenters. The van der Waals surface area contributed by atoms with Gasteiger partial charge in [-0.15, -0.1) is 11.6 Å². The molecule has 1 heterocycles. The molecular weight excluding hydrogens is 268 g/mol. The average molecular weight is 291 g/mol. The number of rotatable bonds is 6. The minimum atomic E-state index is 0.457. The first-order valence-electron chi connectivity index (χ1n) is 7.25. The van der Waals surface area contributed by atoms with Crippen LogP contribution in [-0.4, -0.2) is 15.7 Å². The van der Waals surface area contributed by atoms with Crippen LogP contribution in [0, 0.1) is 12.8 Å². The standard InChI is InChI=1S/C17H23ClN2/c1-4-16-11-17(20(3)19-16)10-15(12-18)9-14-7-5-6-13(2)8-14/h5-8,11,15H,4,9-10,12H2,1-3H3. The molecule has 1 aromatic carbocycles. The van der Waals surface area contributed by atoms with E-state index in [1.165, 1.54) is 16.8 Å². The SMILES string of the molecule is CCc1cc(CC(CCl)Cc2cccc(C)c2)n(C)n1. The second kappa shape index (κ2) is 6.94. The Morgan fingerprint density at radius 2 is 2.05 bits per heavy atom. The molecule has 0 spiro atoms. The first-order chi connectivity index (χ1) is 9.62. The van der Waals surface area contributed by atoms with Gasteiger partial charge in [0.25, 0.3) is 0 Å². The molecule has 1 unspecified atom stereocenters. The zero-order chi connectivity index (χ0) is 14.5. The van der Waals surface area contributed by atoms with Crippen molar-refractivity contribution in [3.05, 3.63) is 52.8 Å². The van der Waals surface area contributed by atoms with Gasteiger partial charge in [-0.3, -0.25) is 4.68 Å². The van der Waals surface area contributed by atoms with Crippen molar-refractivity contribution >= 4 is 11.6 Å². The summed E-state index contributed by atoms with van der Waals surface area (Å²) >= 11 is 6.17. The molecule has 0 bridgehead atoms. The first-order valence-corrected chi connectivity index (χ1v) is 7.79. The van der Waals surface area contributed by atoms with Crippen LogP contribution in [0.25, 0.3) is 0 Å². The van der Waals surface area contributed by atoms with Crippen LogP contribution >= 0.6 is 11.6 Å². The topological polar surface area (TPSA) is 17.8 Å². The Morgan fingerprint density at radius 1 is 1.25 bits per heavy atom. The number of hydrogen-bond donors (Lipinski definition) is 0. The average Bonchev–Trinajstić information content (AvgIpc) is 2.78. The zero-order valence-electron chi connectivity index (χ0n) is 12.6. The van der Waals surface area contributed by atoms with Crippen molar-refractivity contribution in [3.63, 3.8) is 0 Å². The summed E-state index contributed by atoms with van der Waals surface area (Å²) in [6.07, 6.45) is 3.00. The molecular formula is C17H23ClN2. The van der Waals surface area contributed by atoms with Gasteiger partial charge >= 0.3 is 0 Å². The molecule has 108 valence electrons. The van der Waals surface area contributed by atoms with Gasteiger partial charge in [0.15, 0.2) is 0 Å². The fourth-order valence-electron chi connectivity index (χ4n) is 2.58. The van der Waals surface area contributed by atoms with Crippen LogP contribution in [0.15, 0.2) is 30.3 Å². The highest BCUT2D eigenvalue weighted by molar-refractivity contribution is 6.18. The van der Waals surface area contributed by atoms with Crippen molar-refractivity contribution in [2.24, 2.45) is 13.0 Å². The van der Waals surface area contributed by atoms with Crippen molar-refractivity contribution < 1.29 is 0 Å². The number of aromatic nitrogens is 2. The number of nitrogens with zero attached hydrogens (tertiary/aromatic N) is 2. The Morgan fingerprint density at radius 3 is 2.65 bits per heavy atom. The first kappa shape index (κ1) is 15.1. The van der Waals surface area contributed by atoms with Crippen LogP contribution in [0.5, 0.6) is 0 Å². The Bertz CT molecular complexity index is 560. The van der Waals surface area contributed by atoms with Gasteiger partial charge in [0.1, 0.15) is 0 Å². The second-order valence-corrected chi connectivity index (χ2v) is 5.83. The van der Waals surface area contributed by atoms with E-state index in [1.54, 1.807) is 0 Å². The molecule has 2 nitrogen and oxygen atoms in total. The number of benzene rings is 1. The van der Waals surface area contributed by atoms with Gasteiger partial charge in [0, 0.05) is 18.6 Å². The highest BCUT2D eigenvalue weighted by Gasteiger charge is 2.13. The summed E-state index contributed by atoms with van der Waals surface area (Å²) in [5.41, 5.74) is 5.12. The minimum absolute atomic E-state index is 0.457. The van der Waals surface area contributed by atoms with Gasteiger partial charge in [-0.2, -0.15) is 5.10 Å². The van der Waals surface area contributed by atoms with Crippen molar-refractivity contribution in [3.8, 4) is 0 Å². The van der Waals surface area contributed by atoms with E-state index in [-0.39, 0.29) is 0 Å². The van der Waals surface area contributed by atoms with Crippen molar-refractivity contribution in [1.29, 1.82) is 0 Å². The predicted molar refractivity (Wildman–Crippen MR) is 85.4 cm³/mol. The molecule has 0 saturated carbocycles. The highest BCUT2D eigenvalue weighted by atomic mass is 35.5. The molecule has 0 N–H and O–H groups in total. The summed E-state index contributed by atoms with van der Waals surface area (Å²) in [6, 6.07) is 10.9. The van der Waals surface area contributed by atoms with Crippen LogP contribution < -0.4 is 0 Å². The largest absolute Gasteiger partial charge is 0.272 e. The molecule has 0 aliphatic rings. The van der Waals surface area contributed by atoms with Gasteiger partial charge in [-0.25, -0.2) is 0 Å². The summed E-state index contributed by atoms with van der Waals surface area (Å²) in [7, 11) is 2.02. The van der Waals surface area contributed by atoms with E-state index in [2.05, 4.69) is 49.3 Å². The Hall–Kier alpha value is -1.28. The Kier molecular flexibility index (Phi) is 5.24. The van der Waals surface area contributed by atoms with E-state index in [9.17, 15) is 0 Å². The summed E-state index contributed by atoms with van der Waals surface area (Å²) in [5.74, 6) is 1.14. The quantitative estimate of drug-likeness (QED) is 0.737. The summed E-state index contributed by atoms with van der Waals surface area (Å²) in [6.45, 7) is 4.27. The number of aryl methyl sites for hydroxylation is 3. The third-order valence-corrected chi connectivity index (χ3v) is 4.15. The Balaban J connectivity index is 2.06. The molecule has 0 saturated heterocycles. The van der Waals surface area contributed by atoms with E-state index >= 15 is 0 Å². The van der Waals surface area contributed by atoms with Gasteiger partial charge < -0.3 is 0 Å². The molecule has 0 aliphatic carbocycles. The van der Waals surface area contributed by atoms with Crippen LogP contribution in [-0.2, 0) is 26.3 Å². The number of alkyl halides is 1. The maximum Gasteiger partial charge on any atom is 0.0624 e.